The molecule has 2 N–H and O–H groups in total. The summed E-state index contributed by atoms with van der Waals surface area (Å²) in [6.07, 6.45) is 4.26. The summed E-state index contributed by atoms with van der Waals surface area (Å²) >= 11 is 0. The van der Waals surface area contributed by atoms with Gasteiger partial charge in [-0.05, 0) is 70.6 Å². The SMILES string of the molecule is C[C@@H]1CCc2cc(CCCOCCNC(=O)OC(C)(C)C)cc3c(=O)c(C(=O)O)cn1c23. The minimum Gasteiger partial charge on any atom is -0.477 e. The molecular weight excluding hydrogens is 412 g/mol. The first-order valence-corrected chi connectivity index (χ1v) is 11.1. The van der Waals surface area contributed by atoms with Gasteiger partial charge in [-0.1, -0.05) is 6.07 Å². The minimum atomic E-state index is -1.20. The van der Waals surface area contributed by atoms with Crippen molar-refractivity contribution < 1.29 is 24.2 Å². The van der Waals surface area contributed by atoms with Gasteiger partial charge in [-0.25, -0.2) is 9.59 Å². The number of alkyl carbamates (subject to hydrolysis) is 1. The maximum absolute atomic E-state index is 12.8. The number of carbonyl (C=O) groups is 2. The molecule has 174 valence electrons. The highest BCUT2D eigenvalue weighted by atomic mass is 16.6. The van der Waals surface area contributed by atoms with Crippen LogP contribution >= 0.6 is 0 Å². The highest BCUT2D eigenvalue weighted by Crippen LogP contribution is 2.31. The summed E-state index contributed by atoms with van der Waals surface area (Å²) in [7, 11) is 0. The molecule has 1 aliphatic rings. The quantitative estimate of drug-likeness (QED) is 0.602. The smallest absolute Gasteiger partial charge is 0.407 e. The second-order valence-electron chi connectivity index (χ2n) is 9.27. The van der Waals surface area contributed by atoms with Gasteiger partial charge in [-0.3, -0.25) is 4.79 Å². The van der Waals surface area contributed by atoms with E-state index in [-0.39, 0.29) is 11.6 Å². The van der Waals surface area contributed by atoms with E-state index in [2.05, 4.69) is 11.4 Å². The van der Waals surface area contributed by atoms with Crippen molar-refractivity contribution in [2.24, 2.45) is 0 Å². The molecule has 0 unspecified atom stereocenters. The van der Waals surface area contributed by atoms with Crippen LogP contribution in [0.1, 0.15) is 68.1 Å². The fraction of sp³-hybridized carbons (Fsp3) is 0.542. The van der Waals surface area contributed by atoms with E-state index in [0.29, 0.717) is 31.6 Å². The van der Waals surface area contributed by atoms with E-state index in [1.54, 1.807) is 0 Å². The van der Waals surface area contributed by atoms with Crippen LogP contribution in [0.2, 0.25) is 0 Å². The van der Waals surface area contributed by atoms with Crippen molar-refractivity contribution in [3.8, 4) is 0 Å². The lowest BCUT2D eigenvalue weighted by molar-refractivity contribution is 0.0498. The Labute approximate surface area is 187 Å². The van der Waals surface area contributed by atoms with E-state index < -0.39 is 23.1 Å². The van der Waals surface area contributed by atoms with E-state index in [1.165, 1.54) is 6.20 Å². The Bertz CT molecular complexity index is 1070. The maximum Gasteiger partial charge on any atom is 0.407 e. The van der Waals surface area contributed by atoms with Gasteiger partial charge in [0.1, 0.15) is 11.2 Å². The molecule has 0 saturated carbocycles. The van der Waals surface area contributed by atoms with Crippen LogP contribution in [0.15, 0.2) is 23.1 Å². The first-order valence-electron chi connectivity index (χ1n) is 11.1. The number of hydrogen-bond donors (Lipinski definition) is 2. The Morgan fingerprint density at radius 2 is 2.00 bits per heavy atom. The number of nitrogens with zero attached hydrogens (tertiary/aromatic N) is 1. The zero-order valence-corrected chi connectivity index (χ0v) is 19.2. The number of amides is 1. The number of benzene rings is 1. The molecule has 8 heteroatoms. The Hall–Kier alpha value is -2.87. The van der Waals surface area contributed by atoms with Crippen LogP contribution in [0.4, 0.5) is 4.79 Å². The second-order valence-corrected chi connectivity index (χ2v) is 9.27. The molecular formula is C24H32N2O6. The van der Waals surface area contributed by atoms with Crippen molar-refractivity contribution in [1.82, 2.24) is 9.88 Å². The second kappa shape index (κ2) is 9.73. The summed E-state index contributed by atoms with van der Waals surface area (Å²) < 4.78 is 12.7. The van der Waals surface area contributed by atoms with Crippen molar-refractivity contribution in [2.45, 2.75) is 65.0 Å². The van der Waals surface area contributed by atoms with E-state index in [4.69, 9.17) is 9.47 Å². The van der Waals surface area contributed by atoms with E-state index in [0.717, 1.165) is 35.9 Å². The van der Waals surface area contributed by atoms with Crippen LogP contribution in [0.5, 0.6) is 0 Å². The molecule has 0 fully saturated rings. The number of nitrogens with one attached hydrogen (secondary N) is 1. The summed E-state index contributed by atoms with van der Waals surface area (Å²) in [5, 5.41) is 12.6. The van der Waals surface area contributed by atoms with Crippen LogP contribution in [0.25, 0.3) is 10.9 Å². The Kier molecular flexibility index (Phi) is 7.23. The van der Waals surface area contributed by atoms with Gasteiger partial charge < -0.3 is 24.5 Å². The number of pyridine rings is 1. The summed E-state index contributed by atoms with van der Waals surface area (Å²) in [6, 6.07) is 4.10. The van der Waals surface area contributed by atoms with Gasteiger partial charge in [0, 0.05) is 30.8 Å². The van der Waals surface area contributed by atoms with Crippen molar-refractivity contribution in [3.05, 3.63) is 45.2 Å². The Morgan fingerprint density at radius 3 is 2.69 bits per heavy atom. The van der Waals surface area contributed by atoms with Crippen LogP contribution in [0.3, 0.4) is 0 Å². The molecule has 1 amide bonds. The highest BCUT2D eigenvalue weighted by molar-refractivity contribution is 5.94. The Balaban J connectivity index is 1.60. The largest absolute Gasteiger partial charge is 0.477 e. The van der Waals surface area contributed by atoms with E-state index in [9.17, 15) is 19.5 Å². The lowest BCUT2D eigenvalue weighted by atomic mass is 9.93. The topological polar surface area (TPSA) is 107 Å². The average molecular weight is 445 g/mol. The summed E-state index contributed by atoms with van der Waals surface area (Å²) in [5.41, 5.74) is 1.81. The summed E-state index contributed by atoms with van der Waals surface area (Å²) in [4.78, 5) is 36.0. The number of rotatable bonds is 8. The summed E-state index contributed by atoms with van der Waals surface area (Å²) in [6.45, 7) is 8.73. The molecule has 0 aliphatic carbocycles. The van der Waals surface area contributed by atoms with Gasteiger partial charge in [0.05, 0.1) is 12.1 Å². The molecule has 0 radical (unpaired) electrons. The van der Waals surface area contributed by atoms with Gasteiger partial charge in [0.15, 0.2) is 0 Å². The van der Waals surface area contributed by atoms with E-state index in [1.807, 2.05) is 38.3 Å². The Morgan fingerprint density at radius 1 is 1.25 bits per heavy atom. The van der Waals surface area contributed by atoms with Crippen molar-refractivity contribution >= 4 is 23.0 Å². The third-order valence-corrected chi connectivity index (χ3v) is 5.47. The fourth-order valence-electron chi connectivity index (χ4n) is 4.00. The monoisotopic (exact) mass is 444 g/mol. The predicted molar refractivity (Wildman–Crippen MR) is 122 cm³/mol. The molecule has 1 aromatic carbocycles. The van der Waals surface area contributed by atoms with Crippen molar-refractivity contribution in [2.75, 3.05) is 19.8 Å². The number of carboxylic acids is 1. The number of aromatic carboxylic acids is 1. The number of aromatic nitrogens is 1. The molecule has 0 bridgehead atoms. The molecule has 1 aliphatic heterocycles. The van der Waals surface area contributed by atoms with Crippen LogP contribution in [-0.2, 0) is 22.3 Å². The number of carboxylic acid groups (broad SMARTS) is 1. The van der Waals surface area contributed by atoms with Gasteiger partial charge in [-0.2, -0.15) is 0 Å². The lowest BCUT2D eigenvalue weighted by Crippen LogP contribution is -2.34. The fourth-order valence-corrected chi connectivity index (χ4v) is 4.00. The molecule has 1 atom stereocenters. The van der Waals surface area contributed by atoms with Gasteiger partial charge >= 0.3 is 12.1 Å². The standard InChI is InChI=1S/C24H32N2O6/c1-15-7-8-17-12-16(6-5-10-31-11-9-25-23(30)32-24(2,3)4)13-18-20(17)26(15)14-19(21(18)27)22(28)29/h12-15H,5-11H2,1-4H3,(H,25,30)(H,28,29)/t15-/m1/s1. The number of aryl methyl sites for hydroxylation is 2. The third kappa shape index (κ3) is 5.68. The van der Waals surface area contributed by atoms with Crippen LogP contribution in [0, 0.1) is 0 Å². The van der Waals surface area contributed by atoms with E-state index >= 15 is 0 Å². The lowest BCUT2D eigenvalue weighted by Gasteiger charge is -2.27. The highest BCUT2D eigenvalue weighted by Gasteiger charge is 2.23. The summed E-state index contributed by atoms with van der Waals surface area (Å²) in [5.74, 6) is -1.20. The number of carbonyl (C=O) groups excluding carboxylic acids is 1. The van der Waals surface area contributed by atoms with Crippen molar-refractivity contribution in [3.63, 3.8) is 0 Å². The zero-order valence-electron chi connectivity index (χ0n) is 19.2. The van der Waals surface area contributed by atoms with Gasteiger partial charge in [0.2, 0.25) is 5.43 Å². The molecule has 1 aromatic heterocycles. The van der Waals surface area contributed by atoms with Gasteiger partial charge in [0.25, 0.3) is 0 Å². The molecule has 0 saturated heterocycles. The zero-order chi connectivity index (χ0) is 23.5. The first-order chi connectivity index (χ1) is 15.1. The minimum absolute atomic E-state index is 0.150. The van der Waals surface area contributed by atoms with Crippen molar-refractivity contribution in [1.29, 1.82) is 0 Å². The first kappa shape index (κ1) is 23.8. The maximum atomic E-state index is 12.8. The van der Waals surface area contributed by atoms with Gasteiger partial charge in [-0.15, -0.1) is 0 Å². The average Bonchev–Trinajstić information content (AvgIpc) is 2.69. The normalized spacial score (nSPS) is 15.6. The molecule has 2 heterocycles. The molecule has 2 aromatic rings. The van der Waals surface area contributed by atoms with Crippen LogP contribution in [-0.4, -0.2) is 47.1 Å². The predicted octanol–water partition coefficient (Wildman–Crippen LogP) is 3.68. The molecule has 3 rings (SSSR count). The number of hydrogen-bond acceptors (Lipinski definition) is 5. The molecule has 0 spiro atoms. The molecule has 32 heavy (non-hydrogen) atoms. The van der Waals surface area contributed by atoms with Crippen LogP contribution < -0.4 is 10.7 Å². The molecule has 8 nitrogen and oxygen atoms in total. The third-order valence-electron chi connectivity index (χ3n) is 5.47. The number of ether oxygens (including phenoxy) is 2.